The number of pyridine rings is 1. The van der Waals surface area contributed by atoms with Gasteiger partial charge in [0.15, 0.2) is 0 Å². The molecule has 1 N–H and O–H groups in total. The predicted molar refractivity (Wildman–Crippen MR) is 124 cm³/mol. The summed E-state index contributed by atoms with van der Waals surface area (Å²) in [6.07, 6.45) is 1.81. The highest BCUT2D eigenvalue weighted by atomic mass is 32.2. The number of benzene rings is 2. The fraction of sp³-hybridized carbons (Fsp3) is 0.250. The first-order valence-electron chi connectivity index (χ1n) is 10.1. The standard InChI is InChI=1S/C24H26N4O2S/c1-16-13-20-21(25-15-16)7-6-8-22(20)28-23(14-17(2)26-28)27-31(29,30)19-11-9-18(10-12-19)24(3,4)5/h6-15,27H,1-5H3. The third-order valence-electron chi connectivity index (χ3n) is 5.17. The van der Waals surface area contributed by atoms with Gasteiger partial charge in [-0.3, -0.25) is 9.71 Å². The molecule has 2 aromatic carbocycles. The lowest BCUT2D eigenvalue weighted by molar-refractivity contribution is 0.587. The monoisotopic (exact) mass is 434 g/mol. The summed E-state index contributed by atoms with van der Waals surface area (Å²) in [6, 6.07) is 16.5. The van der Waals surface area contributed by atoms with Crippen LogP contribution in [0.2, 0.25) is 0 Å². The number of aryl methyl sites for hydroxylation is 2. The fourth-order valence-corrected chi connectivity index (χ4v) is 4.54. The number of rotatable bonds is 4. The van der Waals surface area contributed by atoms with Crippen molar-refractivity contribution in [2.45, 2.75) is 44.9 Å². The van der Waals surface area contributed by atoms with Gasteiger partial charge in [-0.25, -0.2) is 13.1 Å². The quantitative estimate of drug-likeness (QED) is 0.483. The van der Waals surface area contributed by atoms with Crippen molar-refractivity contribution < 1.29 is 8.42 Å². The van der Waals surface area contributed by atoms with Crippen LogP contribution in [0, 0.1) is 13.8 Å². The van der Waals surface area contributed by atoms with Crippen molar-refractivity contribution in [1.82, 2.24) is 14.8 Å². The summed E-state index contributed by atoms with van der Waals surface area (Å²) in [5, 5.41) is 5.45. The largest absolute Gasteiger partial charge is 0.263 e. The fourth-order valence-electron chi connectivity index (χ4n) is 3.51. The van der Waals surface area contributed by atoms with Gasteiger partial charge >= 0.3 is 0 Å². The van der Waals surface area contributed by atoms with Crippen molar-refractivity contribution in [3.63, 3.8) is 0 Å². The molecule has 7 heteroatoms. The molecule has 0 saturated carbocycles. The Hall–Kier alpha value is -3.19. The maximum absolute atomic E-state index is 13.1. The minimum Gasteiger partial charge on any atom is -0.263 e. The second-order valence-electron chi connectivity index (χ2n) is 8.82. The van der Waals surface area contributed by atoms with Crippen LogP contribution < -0.4 is 4.72 Å². The van der Waals surface area contributed by atoms with Crippen molar-refractivity contribution in [1.29, 1.82) is 0 Å². The minimum absolute atomic E-state index is 0.0496. The molecule has 160 valence electrons. The van der Waals surface area contributed by atoms with Gasteiger partial charge in [-0.05, 0) is 60.7 Å². The van der Waals surface area contributed by atoms with Crippen LogP contribution in [0.1, 0.15) is 37.6 Å². The zero-order valence-electron chi connectivity index (χ0n) is 18.3. The van der Waals surface area contributed by atoms with Crippen molar-refractivity contribution in [2.75, 3.05) is 4.72 Å². The Labute approximate surface area is 183 Å². The molecule has 0 aliphatic heterocycles. The normalized spacial score (nSPS) is 12.3. The van der Waals surface area contributed by atoms with E-state index in [0.717, 1.165) is 27.7 Å². The summed E-state index contributed by atoms with van der Waals surface area (Å²) >= 11 is 0. The minimum atomic E-state index is -3.78. The molecule has 0 bridgehead atoms. The number of fused-ring (bicyclic) bond motifs is 1. The Morgan fingerprint density at radius 2 is 1.68 bits per heavy atom. The van der Waals surface area contributed by atoms with E-state index in [1.807, 2.05) is 56.4 Å². The number of aromatic nitrogens is 3. The van der Waals surface area contributed by atoms with Gasteiger partial charge in [-0.2, -0.15) is 5.10 Å². The highest BCUT2D eigenvalue weighted by molar-refractivity contribution is 7.92. The smallest absolute Gasteiger partial charge is 0.263 e. The highest BCUT2D eigenvalue weighted by Crippen LogP contribution is 2.28. The lowest BCUT2D eigenvalue weighted by Crippen LogP contribution is -2.17. The van der Waals surface area contributed by atoms with Gasteiger partial charge < -0.3 is 0 Å². The molecule has 0 fully saturated rings. The van der Waals surface area contributed by atoms with E-state index >= 15 is 0 Å². The van der Waals surface area contributed by atoms with Crippen molar-refractivity contribution in [2.24, 2.45) is 0 Å². The maximum atomic E-state index is 13.1. The van der Waals surface area contributed by atoms with Gasteiger partial charge in [-0.15, -0.1) is 0 Å². The Morgan fingerprint density at radius 1 is 0.968 bits per heavy atom. The molecular formula is C24H26N4O2S. The molecule has 0 spiro atoms. The number of anilines is 1. The average molecular weight is 435 g/mol. The van der Waals surface area contributed by atoms with Crippen molar-refractivity contribution in [3.05, 3.63) is 77.6 Å². The maximum Gasteiger partial charge on any atom is 0.263 e. The highest BCUT2D eigenvalue weighted by Gasteiger charge is 2.20. The molecular weight excluding hydrogens is 408 g/mol. The predicted octanol–water partition coefficient (Wildman–Crippen LogP) is 5.14. The van der Waals surface area contributed by atoms with Gasteiger partial charge in [-0.1, -0.05) is 39.0 Å². The van der Waals surface area contributed by atoms with E-state index in [9.17, 15) is 8.42 Å². The molecule has 0 unspecified atom stereocenters. The van der Waals surface area contributed by atoms with E-state index in [0.29, 0.717) is 11.5 Å². The van der Waals surface area contributed by atoms with Crippen LogP contribution in [-0.4, -0.2) is 23.2 Å². The zero-order chi connectivity index (χ0) is 22.4. The van der Waals surface area contributed by atoms with E-state index in [1.54, 1.807) is 22.9 Å². The van der Waals surface area contributed by atoms with Crippen LogP contribution >= 0.6 is 0 Å². The zero-order valence-corrected chi connectivity index (χ0v) is 19.2. The van der Waals surface area contributed by atoms with Gasteiger partial charge in [0.05, 0.1) is 21.8 Å². The molecule has 0 saturated heterocycles. The van der Waals surface area contributed by atoms with Crippen molar-refractivity contribution >= 4 is 26.7 Å². The summed E-state index contributed by atoms with van der Waals surface area (Å²) < 4.78 is 30.6. The topological polar surface area (TPSA) is 76.9 Å². The first-order chi connectivity index (χ1) is 14.5. The number of sulfonamides is 1. The van der Waals surface area contributed by atoms with E-state index in [-0.39, 0.29) is 10.3 Å². The molecule has 0 atom stereocenters. The lowest BCUT2D eigenvalue weighted by Gasteiger charge is -2.19. The van der Waals surface area contributed by atoms with E-state index in [1.165, 1.54) is 0 Å². The summed E-state index contributed by atoms with van der Waals surface area (Å²) in [6.45, 7) is 10.1. The Kier molecular flexibility index (Phi) is 5.09. The molecule has 0 aliphatic carbocycles. The molecule has 2 aromatic heterocycles. The summed E-state index contributed by atoms with van der Waals surface area (Å²) in [5.41, 5.74) is 4.34. The number of nitrogens with one attached hydrogen (secondary N) is 1. The average Bonchev–Trinajstić information content (AvgIpc) is 3.06. The summed E-state index contributed by atoms with van der Waals surface area (Å²) in [7, 11) is -3.78. The third-order valence-corrected chi connectivity index (χ3v) is 6.54. The molecule has 6 nitrogen and oxygen atoms in total. The first kappa shape index (κ1) is 21.1. The first-order valence-corrected chi connectivity index (χ1v) is 11.6. The van der Waals surface area contributed by atoms with Gasteiger partial charge in [0.2, 0.25) is 0 Å². The van der Waals surface area contributed by atoms with Gasteiger partial charge in [0, 0.05) is 17.6 Å². The second-order valence-corrected chi connectivity index (χ2v) is 10.5. The summed E-state index contributed by atoms with van der Waals surface area (Å²) in [4.78, 5) is 4.68. The van der Waals surface area contributed by atoms with Crippen LogP contribution in [0.3, 0.4) is 0 Å². The van der Waals surface area contributed by atoms with Crippen LogP contribution in [0.25, 0.3) is 16.6 Å². The number of hydrogen-bond donors (Lipinski definition) is 1. The van der Waals surface area contributed by atoms with E-state index < -0.39 is 10.0 Å². The van der Waals surface area contributed by atoms with Crippen molar-refractivity contribution in [3.8, 4) is 5.69 Å². The summed E-state index contributed by atoms with van der Waals surface area (Å²) in [5.74, 6) is 0.381. The van der Waals surface area contributed by atoms with E-state index in [4.69, 9.17) is 0 Å². The van der Waals surface area contributed by atoms with Gasteiger partial charge in [0.1, 0.15) is 5.82 Å². The molecule has 0 radical (unpaired) electrons. The second kappa shape index (κ2) is 7.50. The third kappa shape index (κ3) is 4.18. The Balaban J connectivity index is 1.76. The van der Waals surface area contributed by atoms with Crippen LogP contribution in [0.4, 0.5) is 5.82 Å². The SMILES string of the molecule is Cc1cnc2cccc(-n3nc(C)cc3NS(=O)(=O)c3ccc(C(C)(C)C)cc3)c2c1. The van der Waals surface area contributed by atoms with Crippen LogP contribution in [0.15, 0.2) is 65.7 Å². The molecule has 0 aliphatic rings. The molecule has 4 aromatic rings. The van der Waals surface area contributed by atoms with E-state index in [2.05, 4.69) is 35.6 Å². The Morgan fingerprint density at radius 3 is 2.35 bits per heavy atom. The molecule has 2 heterocycles. The Bertz CT molecular complexity index is 1370. The van der Waals surface area contributed by atoms with Crippen LogP contribution in [0.5, 0.6) is 0 Å². The molecule has 4 rings (SSSR count). The molecule has 0 amide bonds. The molecule has 31 heavy (non-hydrogen) atoms. The van der Waals surface area contributed by atoms with Crippen LogP contribution in [-0.2, 0) is 15.4 Å². The van der Waals surface area contributed by atoms with Gasteiger partial charge in [0.25, 0.3) is 10.0 Å². The lowest BCUT2D eigenvalue weighted by atomic mass is 9.87. The number of nitrogens with zero attached hydrogens (tertiary/aromatic N) is 3. The number of hydrogen-bond acceptors (Lipinski definition) is 4.